The molecule has 0 aliphatic heterocycles. The highest BCUT2D eigenvalue weighted by atomic mass is 16.6. The number of fused-ring (bicyclic) bond motifs is 1. The number of carbonyl (C=O) groups excluding carboxylic acids is 2. The lowest BCUT2D eigenvalue weighted by Crippen LogP contribution is -2.47. The summed E-state index contributed by atoms with van der Waals surface area (Å²) in [5, 5.41) is 2.66. The number of pyridine rings is 1. The third-order valence-corrected chi connectivity index (χ3v) is 3.89. The molecule has 26 heavy (non-hydrogen) atoms. The first-order valence-electron chi connectivity index (χ1n) is 8.53. The van der Waals surface area contributed by atoms with Gasteiger partial charge in [0.2, 0.25) is 5.88 Å². The van der Waals surface area contributed by atoms with Crippen molar-refractivity contribution in [2.45, 2.75) is 45.3 Å². The predicted molar refractivity (Wildman–Crippen MR) is 96.3 cm³/mol. The van der Waals surface area contributed by atoms with Crippen LogP contribution in [0.2, 0.25) is 0 Å². The second-order valence-corrected chi connectivity index (χ2v) is 7.25. The Kier molecular flexibility index (Phi) is 4.93. The van der Waals surface area contributed by atoms with E-state index in [2.05, 4.69) is 10.3 Å². The lowest BCUT2D eigenvalue weighted by molar-refractivity contribution is -0.120. The summed E-state index contributed by atoms with van der Waals surface area (Å²) in [6, 6.07) is 10.6. The van der Waals surface area contributed by atoms with E-state index >= 15 is 0 Å². The van der Waals surface area contributed by atoms with Crippen LogP contribution in [0.3, 0.4) is 0 Å². The van der Waals surface area contributed by atoms with E-state index in [1.807, 2.05) is 36.4 Å². The van der Waals surface area contributed by atoms with Gasteiger partial charge in [0.15, 0.2) is 5.78 Å². The van der Waals surface area contributed by atoms with Gasteiger partial charge in [-0.15, -0.1) is 0 Å². The van der Waals surface area contributed by atoms with Crippen LogP contribution in [0.1, 0.15) is 31.9 Å². The number of nitrogens with zero attached hydrogens (tertiary/aromatic N) is 1. The minimum Gasteiger partial charge on any atom is -0.444 e. The second kappa shape index (κ2) is 7.15. The van der Waals surface area contributed by atoms with Crippen LogP contribution in [0.25, 0.3) is 0 Å². The molecule has 6 heteroatoms. The number of ketones is 1. The first-order valence-corrected chi connectivity index (χ1v) is 8.53. The molecule has 0 saturated heterocycles. The predicted octanol–water partition coefficient (Wildman–Crippen LogP) is 3.43. The molecular weight excluding hydrogens is 332 g/mol. The topological polar surface area (TPSA) is 77.5 Å². The third kappa shape index (κ3) is 4.59. The molecule has 1 N–H and O–H groups in total. The molecule has 6 nitrogen and oxygen atoms in total. The second-order valence-electron chi connectivity index (χ2n) is 7.25. The van der Waals surface area contributed by atoms with Gasteiger partial charge in [0.25, 0.3) is 0 Å². The maximum atomic E-state index is 12.3. The van der Waals surface area contributed by atoms with E-state index in [0.29, 0.717) is 18.1 Å². The molecule has 0 unspecified atom stereocenters. The molecule has 2 aromatic rings. The Balaban J connectivity index is 1.72. The number of aromatic nitrogens is 1. The van der Waals surface area contributed by atoms with Gasteiger partial charge in [0.05, 0.1) is 6.04 Å². The largest absolute Gasteiger partial charge is 0.444 e. The van der Waals surface area contributed by atoms with E-state index in [1.165, 1.54) is 0 Å². The van der Waals surface area contributed by atoms with E-state index in [-0.39, 0.29) is 12.2 Å². The van der Waals surface area contributed by atoms with Crippen LogP contribution in [0.5, 0.6) is 11.6 Å². The van der Waals surface area contributed by atoms with Crippen LogP contribution in [0.4, 0.5) is 4.79 Å². The Labute approximate surface area is 152 Å². The quantitative estimate of drug-likeness (QED) is 0.914. The summed E-state index contributed by atoms with van der Waals surface area (Å²) in [7, 11) is 0. The first kappa shape index (κ1) is 17.9. The van der Waals surface area contributed by atoms with Crippen LogP contribution >= 0.6 is 0 Å². The third-order valence-electron chi connectivity index (χ3n) is 3.89. The van der Waals surface area contributed by atoms with Gasteiger partial charge in [-0.05, 0) is 44.0 Å². The summed E-state index contributed by atoms with van der Waals surface area (Å²) in [5.74, 6) is 1.09. The number of alkyl carbamates (subject to hydrolysis) is 1. The molecule has 1 aliphatic carbocycles. The molecule has 1 heterocycles. The average Bonchev–Trinajstić information content (AvgIpc) is 2.55. The molecule has 1 amide bonds. The summed E-state index contributed by atoms with van der Waals surface area (Å²) in [6.45, 7) is 5.34. The molecule has 0 spiro atoms. The molecule has 1 aliphatic rings. The van der Waals surface area contributed by atoms with Crippen molar-refractivity contribution in [3.8, 4) is 11.6 Å². The molecule has 136 valence electrons. The van der Waals surface area contributed by atoms with Gasteiger partial charge in [0.1, 0.15) is 11.4 Å². The number of nitrogens with one attached hydrogen (secondary N) is 1. The van der Waals surface area contributed by atoms with E-state index in [4.69, 9.17) is 9.47 Å². The smallest absolute Gasteiger partial charge is 0.408 e. The fourth-order valence-electron chi connectivity index (χ4n) is 2.74. The van der Waals surface area contributed by atoms with E-state index < -0.39 is 17.7 Å². The van der Waals surface area contributed by atoms with Crippen molar-refractivity contribution in [2.75, 3.05) is 0 Å². The summed E-state index contributed by atoms with van der Waals surface area (Å²) < 4.78 is 11.0. The normalized spacial score (nSPS) is 16.6. The number of carbonyl (C=O) groups is 2. The highest BCUT2D eigenvalue weighted by molar-refractivity contribution is 5.91. The van der Waals surface area contributed by atoms with Crippen molar-refractivity contribution in [3.63, 3.8) is 0 Å². The lowest BCUT2D eigenvalue weighted by atomic mass is 9.88. The fraction of sp³-hybridized carbons (Fsp3) is 0.350. The van der Waals surface area contributed by atoms with Crippen LogP contribution in [-0.4, -0.2) is 28.5 Å². The molecule has 3 rings (SSSR count). The number of benzene rings is 1. The molecule has 0 bridgehead atoms. The van der Waals surface area contributed by atoms with Gasteiger partial charge in [-0.3, -0.25) is 4.79 Å². The van der Waals surface area contributed by atoms with Crippen LogP contribution < -0.4 is 10.1 Å². The summed E-state index contributed by atoms with van der Waals surface area (Å²) in [4.78, 5) is 28.5. The Hall–Kier alpha value is -2.89. The van der Waals surface area contributed by atoms with Crippen LogP contribution in [0, 0.1) is 0 Å². The van der Waals surface area contributed by atoms with E-state index in [0.717, 1.165) is 11.1 Å². The van der Waals surface area contributed by atoms with E-state index in [1.54, 1.807) is 27.0 Å². The Morgan fingerprint density at radius 1 is 1.19 bits per heavy atom. The minimum atomic E-state index is -0.611. The van der Waals surface area contributed by atoms with Gasteiger partial charge in [-0.25, -0.2) is 9.78 Å². The standard InChI is InChI=1S/C20H22N2O4/c1-20(2,3)26-19(24)22-16-9-13-11-18(21-12-14(13)10-17(16)23)25-15-7-5-4-6-8-15/h4-8,11-12,16H,9-10H2,1-3H3,(H,22,24)/t16-/m0/s1. The number of rotatable bonds is 3. The molecule has 0 saturated carbocycles. The molecule has 0 fully saturated rings. The number of hydrogen-bond donors (Lipinski definition) is 1. The van der Waals surface area contributed by atoms with Crippen LogP contribution in [-0.2, 0) is 22.4 Å². The molecule has 0 radical (unpaired) electrons. The van der Waals surface area contributed by atoms with Gasteiger partial charge >= 0.3 is 6.09 Å². The van der Waals surface area contributed by atoms with Crippen molar-refractivity contribution in [1.82, 2.24) is 10.3 Å². The van der Waals surface area contributed by atoms with Crippen LogP contribution in [0.15, 0.2) is 42.6 Å². The van der Waals surface area contributed by atoms with Gasteiger partial charge in [-0.1, -0.05) is 18.2 Å². The summed E-state index contributed by atoms with van der Waals surface area (Å²) in [6.07, 6.45) is 1.69. The van der Waals surface area contributed by atoms with Crippen molar-refractivity contribution in [3.05, 3.63) is 53.7 Å². The highest BCUT2D eigenvalue weighted by Gasteiger charge is 2.30. The van der Waals surface area contributed by atoms with Crippen molar-refractivity contribution in [2.24, 2.45) is 0 Å². The van der Waals surface area contributed by atoms with Gasteiger partial charge < -0.3 is 14.8 Å². The molecular formula is C20H22N2O4. The monoisotopic (exact) mass is 354 g/mol. The molecule has 1 aromatic heterocycles. The van der Waals surface area contributed by atoms with Crippen molar-refractivity contribution in [1.29, 1.82) is 0 Å². The Morgan fingerprint density at radius 2 is 1.92 bits per heavy atom. The summed E-state index contributed by atoms with van der Waals surface area (Å²) in [5.41, 5.74) is 1.18. The number of ether oxygens (including phenoxy) is 2. The first-order chi connectivity index (χ1) is 12.3. The summed E-state index contributed by atoms with van der Waals surface area (Å²) >= 11 is 0. The molecule has 1 aromatic carbocycles. The maximum Gasteiger partial charge on any atom is 0.408 e. The lowest BCUT2D eigenvalue weighted by Gasteiger charge is -2.26. The van der Waals surface area contributed by atoms with Gasteiger partial charge in [0, 0.05) is 25.1 Å². The maximum absolute atomic E-state index is 12.3. The zero-order valence-corrected chi connectivity index (χ0v) is 15.1. The molecule has 1 atom stereocenters. The Morgan fingerprint density at radius 3 is 2.62 bits per heavy atom. The highest BCUT2D eigenvalue weighted by Crippen LogP contribution is 2.25. The minimum absolute atomic E-state index is 0.0538. The zero-order valence-electron chi connectivity index (χ0n) is 15.1. The SMILES string of the molecule is CC(C)(C)OC(=O)N[C@H]1Cc2cc(Oc3ccccc3)ncc2CC1=O. The zero-order chi connectivity index (χ0) is 18.7. The average molecular weight is 354 g/mol. The number of amides is 1. The number of para-hydroxylation sites is 1. The number of Topliss-reactive ketones (excluding diaryl/α,β-unsaturated/α-hetero) is 1. The van der Waals surface area contributed by atoms with Crippen molar-refractivity contribution < 1.29 is 19.1 Å². The van der Waals surface area contributed by atoms with Gasteiger partial charge in [-0.2, -0.15) is 0 Å². The van der Waals surface area contributed by atoms with E-state index in [9.17, 15) is 9.59 Å². The fourth-order valence-corrected chi connectivity index (χ4v) is 2.74. The van der Waals surface area contributed by atoms with Crippen molar-refractivity contribution >= 4 is 11.9 Å². The number of hydrogen-bond acceptors (Lipinski definition) is 5. The Bertz CT molecular complexity index is 812.